The monoisotopic (exact) mass is 376 g/mol. The third-order valence-corrected chi connectivity index (χ3v) is 4.04. The molecule has 0 heterocycles. The summed E-state index contributed by atoms with van der Waals surface area (Å²) in [5.41, 5.74) is 1.62. The van der Waals surface area contributed by atoms with Crippen molar-refractivity contribution in [3.05, 3.63) is 108 Å². The molecule has 0 spiro atoms. The van der Waals surface area contributed by atoms with Crippen LogP contribution in [0.3, 0.4) is 0 Å². The van der Waals surface area contributed by atoms with Gasteiger partial charge in [-0.3, -0.25) is 0 Å². The molecule has 0 aliphatic heterocycles. The minimum absolute atomic E-state index is 0.883. The smallest absolute Gasteiger partial charge is 0.298 e. The summed E-state index contributed by atoms with van der Waals surface area (Å²) in [6.07, 6.45) is 0. The first-order valence-electron chi connectivity index (χ1n) is 7.46. The lowest BCUT2D eigenvalue weighted by Gasteiger charge is -2.38. The lowest BCUT2D eigenvalue weighted by Crippen LogP contribution is -2.37. The summed E-state index contributed by atoms with van der Waals surface area (Å²) < 4.78 is 4.19. The van der Waals surface area contributed by atoms with Crippen molar-refractivity contribution in [1.29, 1.82) is 0 Å². The Morgan fingerprint density at radius 3 is 1.04 bits per heavy atom. The van der Waals surface area contributed by atoms with E-state index in [9.17, 15) is 0 Å². The molecule has 4 heteroatoms. The van der Waals surface area contributed by atoms with Crippen LogP contribution in [0.4, 0.5) is 0 Å². The maximum absolute atomic E-state index is 6.08. The van der Waals surface area contributed by atoms with E-state index < -0.39 is 9.58 Å². The van der Waals surface area contributed by atoms with Crippen molar-refractivity contribution in [2.75, 3.05) is 0 Å². The van der Waals surface area contributed by atoms with Crippen LogP contribution >= 0.6 is 34.8 Å². The molecule has 0 unspecified atom stereocenters. The molecule has 24 heavy (non-hydrogen) atoms. The summed E-state index contributed by atoms with van der Waals surface area (Å²) in [4.78, 5) is 0. The molecule has 0 N–H and O–H groups in total. The molecule has 0 aliphatic carbocycles. The third kappa shape index (κ3) is 3.60. The van der Waals surface area contributed by atoms with E-state index in [2.05, 4.69) is 0 Å². The van der Waals surface area contributed by atoms with Crippen molar-refractivity contribution >= 4 is 34.8 Å². The molecule has 0 atom stereocenters. The minimum Gasteiger partial charge on any atom is -0.313 e. The molecular formula is C20H15Cl3O. The Labute approximate surface area is 156 Å². The van der Waals surface area contributed by atoms with Crippen molar-refractivity contribution in [2.45, 2.75) is 9.58 Å². The summed E-state index contributed by atoms with van der Waals surface area (Å²) >= 11 is 18.2. The Balaban J connectivity index is 2.33. The van der Waals surface area contributed by atoms with Gasteiger partial charge < -0.3 is 4.74 Å². The number of rotatable bonds is 4. The van der Waals surface area contributed by atoms with Crippen LogP contribution in [-0.4, -0.2) is 3.98 Å². The molecule has 122 valence electrons. The Morgan fingerprint density at radius 2 is 0.792 bits per heavy atom. The van der Waals surface area contributed by atoms with Gasteiger partial charge in [0.1, 0.15) is 5.60 Å². The van der Waals surface area contributed by atoms with Gasteiger partial charge >= 0.3 is 0 Å². The van der Waals surface area contributed by atoms with Gasteiger partial charge in [-0.25, -0.2) is 0 Å². The van der Waals surface area contributed by atoms with Crippen LogP contribution in [0.2, 0.25) is 0 Å². The van der Waals surface area contributed by atoms with Crippen LogP contribution in [0.25, 0.3) is 0 Å². The fourth-order valence-corrected chi connectivity index (χ4v) is 3.22. The van der Waals surface area contributed by atoms with Crippen LogP contribution in [0.15, 0.2) is 91.0 Å². The number of benzene rings is 3. The first-order chi connectivity index (χ1) is 11.5. The molecule has 0 bridgehead atoms. The molecular weight excluding hydrogens is 363 g/mol. The van der Waals surface area contributed by atoms with Crippen LogP contribution in [-0.2, 0) is 10.3 Å². The van der Waals surface area contributed by atoms with Crippen molar-refractivity contribution < 1.29 is 4.74 Å². The van der Waals surface area contributed by atoms with Crippen LogP contribution in [0, 0.1) is 0 Å². The number of ether oxygens (including phenoxy) is 1. The second kappa shape index (κ2) is 7.16. The second-order valence-electron chi connectivity index (χ2n) is 5.33. The topological polar surface area (TPSA) is 9.23 Å². The predicted octanol–water partition coefficient (Wildman–Crippen LogP) is 6.32. The summed E-state index contributed by atoms with van der Waals surface area (Å²) in [6, 6.07) is 29.3. The largest absolute Gasteiger partial charge is 0.313 e. The Kier molecular flexibility index (Phi) is 5.17. The summed E-state index contributed by atoms with van der Waals surface area (Å²) in [6.45, 7) is 0. The zero-order valence-corrected chi connectivity index (χ0v) is 15.0. The number of halogens is 3. The average molecular weight is 378 g/mol. The second-order valence-corrected chi connectivity index (χ2v) is 7.50. The highest BCUT2D eigenvalue weighted by molar-refractivity contribution is 6.66. The van der Waals surface area contributed by atoms with Gasteiger partial charge in [-0.15, -0.1) is 0 Å². The maximum atomic E-state index is 6.08. The van der Waals surface area contributed by atoms with Gasteiger partial charge in [-0.2, -0.15) is 0 Å². The molecule has 0 aromatic heterocycles. The van der Waals surface area contributed by atoms with E-state index in [4.69, 9.17) is 39.5 Å². The van der Waals surface area contributed by atoms with E-state index in [-0.39, 0.29) is 0 Å². The van der Waals surface area contributed by atoms with E-state index in [0.717, 1.165) is 16.7 Å². The molecule has 0 radical (unpaired) electrons. The van der Waals surface area contributed by atoms with Crippen LogP contribution < -0.4 is 0 Å². The fraction of sp³-hybridized carbons (Fsp3) is 0.100. The zero-order valence-electron chi connectivity index (χ0n) is 12.7. The molecule has 0 saturated carbocycles. The highest BCUT2D eigenvalue weighted by Gasteiger charge is 2.43. The number of alkyl halides is 3. The van der Waals surface area contributed by atoms with E-state index in [1.165, 1.54) is 0 Å². The number of hydrogen-bond acceptors (Lipinski definition) is 1. The van der Waals surface area contributed by atoms with E-state index in [1.807, 2.05) is 91.0 Å². The van der Waals surface area contributed by atoms with Crippen LogP contribution in [0.5, 0.6) is 0 Å². The SMILES string of the molecule is ClC(Cl)(Cl)OC(c1ccccc1)(c1ccccc1)c1ccccc1. The minimum atomic E-state index is -1.89. The van der Waals surface area contributed by atoms with E-state index in [0.29, 0.717) is 0 Å². The lowest BCUT2D eigenvalue weighted by molar-refractivity contribution is 0.00687. The summed E-state index contributed by atoms with van der Waals surface area (Å²) in [5, 5.41) is 0. The molecule has 0 amide bonds. The standard InChI is InChI=1S/C20H15Cl3O/c21-20(22,23)24-19(16-10-4-1-5-11-16,17-12-6-2-7-13-17)18-14-8-3-9-15-18/h1-15H. The molecule has 0 fully saturated rings. The van der Waals surface area contributed by atoms with Gasteiger partial charge in [0.25, 0.3) is 3.98 Å². The van der Waals surface area contributed by atoms with Gasteiger partial charge in [0, 0.05) is 0 Å². The van der Waals surface area contributed by atoms with Crippen molar-refractivity contribution in [3.63, 3.8) is 0 Å². The Bertz CT molecular complexity index is 672. The van der Waals surface area contributed by atoms with Gasteiger partial charge in [-0.1, -0.05) is 126 Å². The van der Waals surface area contributed by atoms with Gasteiger partial charge in [0.05, 0.1) is 0 Å². The molecule has 3 rings (SSSR count). The molecule has 0 aliphatic rings. The first-order valence-corrected chi connectivity index (χ1v) is 8.59. The van der Waals surface area contributed by atoms with Crippen molar-refractivity contribution in [2.24, 2.45) is 0 Å². The van der Waals surface area contributed by atoms with Crippen LogP contribution in [0.1, 0.15) is 16.7 Å². The average Bonchev–Trinajstić information content (AvgIpc) is 2.61. The summed E-state index contributed by atoms with van der Waals surface area (Å²) in [7, 11) is 0. The molecule has 3 aromatic carbocycles. The third-order valence-electron chi connectivity index (χ3n) is 3.81. The predicted molar refractivity (Wildman–Crippen MR) is 101 cm³/mol. The quantitative estimate of drug-likeness (QED) is 0.382. The molecule has 0 saturated heterocycles. The normalized spacial score (nSPS) is 12.1. The van der Waals surface area contributed by atoms with Crippen molar-refractivity contribution in [1.82, 2.24) is 0 Å². The fourth-order valence-electron chi connectivity index (χ4n) is 2.87. The maximum Gasteiger partial charge on any atom is 0.298 e. The van der Waals surface area contributed by atoms with Gasteiger partial charge in [-0.05, 0) is 16.7 Å². The summed E-state index contributed by atoms with van der Waals surface area (Å²) in [5.74, 6) is 0. The highest BCUT2D eigenvalue weighted by Crippen LogP contribution is 2.46. The molecule has 1 nitrogen and oxygen atoms in total. The Morgan fingerprint density at radius 1 is 0.500 bits per heavy atom. The zero-order chi connectivity index (χ0) is 17.0. The molecule has 3 aromatic rings. The Hall–Kier alpha value is -1.51. The van der Waals surface area contributed by atoms with Crippen molar-refractivity contribution in [3.8, 4) is 0 Å². The first kappa shape index (κ1) is 17.3. The highest BCUT2D eigenvalue weighted by atomic mass is 35.6. The van der Waals surface area contributed by atoms with Gasteiger partial charge in [0.2, 0.25) is 0 Å². The van der Waals surface area contributed by atoms with E-state index in [1.54, 1.807) is 0 Å². The van der Waals surface area contributed by atoms with Gasteiger partial charge in [0.15, 0.2) is 0 Å². The number of hydrogen-bond donors (Lipinski definition) is 0. The lowest BCUT2D eigenvalue weighted by atomic mass is 9.80. The van der Waals surface area contributed by atoms with E-state index >= 15 is 0 Å².